The summed E-state index contributed by atoms with van der Waals surface area (Å²) in [5.41, 5.74) is 15.7. The van der Waals surface area contributed by atoms with Crippen molar-refractivity contribution >= 4 is 43.1 Å². The van der Waals surface area contributed by atoms with E-state index in [1.165, 1.54) is 76.8 Å². The molecule has 342 valence electrons. The van der Waals surface area contributed by atoms with Crippen molar-refractivity contribution in [2.45, 2.75) is 59.8 Å². The van der Waals surface area contributed by atoms with E-state index in [-0.39, 0.29) is 5.41 Å². The van der Waals surface area contributed by atoms with Gasteiger partial charge in [0.2, 0.25) is 0 Å². The molecule has 0 radical (unpaired) electrons. The molecule has 2 aromatic heterocycles. The van der Waals surface area contributed by atoms with Gasteiger partial charge in [0, 0.05) is 27.7 Å². The topological polar surface area (TPSA) is 61.4 Å². The van der Waals surface area contributed by atoms with Crippen LogP contribution in [-0.4, -0.2) is 29.5 Å². The van der Waals surface area contributed by atoms with Gasteiger partial charge in [-0.25, -0.2) is 19.3 Å². The molecule has 13 rings (SSSR count). The zero-order valence-corrected chi connectivity index (χ0v) is 40.9. The maximum absolute atomic E-state index is 5.47. The molecule has 2 heterocycles. The summed E-state index contributed by atoms with van der Waals surface area (Å²) in [4.78, 5) is 10.9. The molecule has 0 saturated heterocycles. The van der Waals surface area contributed by atoms with Crippen molar-refractivity contribution in [2.75, 3.05) is 0 Å². The molecular formula is C65H52N6. The van der Waals surface area contributed by atoms with Gasteiger partial charge in [0.1, 0.15) is 0 Å². The third-order valence-corrected chi connectivity index (χ3v) is 15.4. The average Bonchev–Trinajstić information content (AvgIpc) is 4.11. The Hall–Kier alpha value is -8.48. The van der Waals surface area contributed by atoms with Gasteiger partial charge in [0.05, 0.1) is 11.4 Å². The lowest BCUT2D eigenvalue weighted by Crippen LogP contribution is -2.16. The number of rotatable bonds is 8. The number of benzene rings is 10. The van der Waals surface area contributed by atoms with Crippen molar-refractivity contribution in [3.63, 3.8) is 0 Å². The van der Waals surface area contributed by atoms with Gasteiger partial charge >= 0.3 is 0 Å². The van der Waals surface area contributed by atoms with E-state index in [2.05, 4.69) is 233 Å². The lowest BCUT2D eigenvalue weighted by molar-refractivity contribution is 0.658. The molecule has 0 atom stereocenters. The monoisotopic (exact) mass is 916 g/mol. The minimum absolute atomic E-state index is 0.366. The van der Waals surface area contributed by atoms with Gasteiger partial charge in [-0.3, -0.25) is 0 Å². The first kappa shape index (κ1) is 42.6. The zero-order valence-electron chi connectivity index (χ0n) is 40.9. The van der Waals surface area contributed by atoms with Crippen LogP contribution in [0.3, 0.4) is 0 Å². The molecule has 6 heteroatoms. The van der Waals surface area contributed by atoms with Crippen LogP contribution >= 0.6 is 0 Å². The number of aryl methyl sites for hydroxylation is 4. The fourth-order valence-electron chi connectivity index (χ4n) is 11.6. The van der Waals surface area contributed by atoms with Crippen LogP contribution < -0.4 is 0 Å². The number of hydrogen-bond donors (Lipinski definition) is 0. The molecule has 6 nitrogen and oxygen atoms in total. The summed E-state index contributed by atoms with van der Waals surface area (Å²) < 4.78 is 4.16. The van der Waals surface area contributed by atoms with Crippen molar-refractivity contribution in [3.05, 3.63) is 215 Å². The van der Waals surface area contributed by atoms with Crippen molar-refractivity contribution in [2.24, 2.45) is 0 Å². The molecule has 0 saturated carbocycles. The van der Waals surface area contributed by atoms with Crippen molar-refractivity contribution in [1.82, 2.24) is 29.5 Å². The van der Waals surface area contributed by atoms with Crippen LogP contribution in [0.25, 0.3) is 111 Å². The minimum atomic E-state index is -0.366. The molecule has 1 aliphatic rings. The predicted molar refractivity (Wildman–Crippen MR) is 294 cm³/mol. The van der Waals surface area contributed by atoms with Crippen LogP contribution in [0.5, 0.6) is 0 Å². The predicted octanol–water partition coefficient (Wildman–Crippen LogP) is 16.2. The largest absolute Gasteiger partial charge is 0.213 e. The third-order valence-electron chi connectivity index (χ3n) is 15.4. The summed E-state index contributed by atoms with van der Waals surface area (Å²) in [7, 11) is 0. The second-order valence-corrected chi connectivity index (χ2v) is 19.7. The second kappa shape index (κ2) is 16.3. The second-order valence-electron chi connectivity index (χ2n) is 19.7. The normalized spacial score (nSPS) is 12.9. The van der Waals surface area contributed by atoms with Gasteiger partial charge in [-0.1, -0.05) is 185 Å². The zero-order chi connectivity index (χ0) is 48.1. The van der Waals surface area contributed by atoms with E-state index >= 15 is 0 Å². The Morgan fingerprint density at radius 2 is 0.704 bits per heavy atom. The van der Waals surface area contributed by atoms with E-state index in [0.29, 0.717) is 11.6 Å². The van der Waals surface area contributed by atoms with Gasteiger partial charge in [-0.2, -0.15) is 0 Å². The van der Waals surface area contributed by atoms with Crippen LogP contribution in [0.4, 0.5) is 0 Å². The van der Waals surface area contributed by atoms with E-state index in [1.807, 2.05) is 0 Å². The molecule has 0 N–H and O–H groups in total. The molecule has 1 aliphatic carbocycles. The highest BCUT2D eigenvalue weighted by Gasteiger charge is 2.37. The fourth-order valence-corrected chi connectivity index (χ4v) is 11.6. The number of aromatic nitrogens is 6. The first-order valence-corrected chi connectivity index (χ1v) is 24.9. The number of hydrogen-bond acceptors (Lipinski definition) is 4. The maximum atomic E-state index is 5.47. The fraction of sp³-hybridized carbons (Fsp3) is 0.138. The molecule has 0 unspecified atom stereocenters. The molecule has 0 bridgehead atoms. The summed E-state index contributed by atoms with van der Waals surface area (Å²) >= 11 is 0. The van der Waals surface area contributed by atoms with Crippen LogP contribution in [0.1, 0.15) is 61.1 Å². The van der Waals surface area contributed by atoms with E-state index in [0.717, 1.165) is 68.9 Å². The number of nitrogens with zero attached hydrogens (tertiary/aromatic N) is 6. The molecule has 12 aromatic rings. The molecule has 0 fully saturated rings. The van der Waals surface area contributed by atoms with Gasteiger partial charge in [-0.05, 0) is 139 Å². The Kier molecular flexibility index (Phi) is 9.79. The Morgan fingerprint density at radius 3 is 1.10 bits per heavy atom. The van der Waals surface area contributed by atoms with Gasteiger partial charge in [0.25, 0.3) is 0 Å². The molecule has 0 aliphatic heterocycles. The summed E-state index contributed by atoms with van der Waals surface area (Å²) in [6, 6.07) is 66.0. The van der Waals surface area contributed by atoms with Crippen molar-refractivity contribution < 1.29 is 0 Å². The lowest BCUT2D eigenvalue weighted by Gasteiger charge is -2.23. The van der Waals surface area contributed by atoms with Gasteiger partial charge in [-0.15, -0.1) is 10.2 Å². The summed E-state index contributed by atoms with van der Waals surface area (Å²) in [5, 5.41) is 20.4. The highest BCUT2D eigenvalue weighted by molar-refractivity contribution is 6.01. The minimum Gasteiger partial charge on any atom is -0.213 e. The van der Waals surface area contributed by atoms with Crippen LogP contribution in [0.2, 0.25) is 0 Å². The van der Waals surface area contributed by atoms with Crippen molar-refractivity contribution in [3.8, 4) is 68.1 Å². The van der Waals surface area contributed by atoms with E-state index < -0.39 is 0 Å². The maximum Gasteiger partial charge on any atom is 0.182 e. The van der Waals surface area contributed by atoms with Crippen molar-refractivity contribution in [1.29, 1.82) is 0 Å². The third kappa shape index (κ3) is 6.61. The lowest BCUT2D eigenvalue weighted by atomic mass is 9.82. The Bertz CT molecular complexity index is 3880. The van der Waals surface area contributed by atoms with Crippen LogP contribution in [-0.2, 0) is 18.3 Å². The Balaban J connectivity index is 0.972. The SMILES string of the molecule is CCc1ccc(-c2nc(-c3ccc(C)c4ccccc34)nn2-c2ccc3c(c2)C(C)(C)c2cc(-n4nc(-c5ccc(C)c6ccccc56)nc4-c4ccc(CC)c5ccccc45)ccc2-3)c2ccccc12. The van der Waals surface area contributed by atoms with E-state index in [1.54, 1.807) is 0 Å². The molecule has 71 heavy (non-hydrogen) atoms. The summed E-state index contributed by atoms with van der Waals surface area (Å²) in [6.07, 6.45) is 1.89. The summed E-state index contributed by atoms with van der Waals surface area (Å²) in [5.74, 6) is 3.03. The van der Waals surface area contributed by atoms with Crippen LogP contribution in [0.15, 0.2) is 182 Å². The first-order valence-electron chi connectivity index (χ1n) is 24.9. The molecule has 10 aromatic carbocycles. The molecule has 0 amide bonds. The molecular weight excluding hydrogens is 865 g/mol. The highest BCUT2D eigenvalue weighted by Crippen LogP contribution is 2.50. The first-order chi connectivity index (χ1) is 34.7. The van der Waals surface area contributed by atoms with Gasteiger partial charge in [0.15, 0.2) is 23.3 Å². The van der Waals surface area contributed by atoms with E-state index in [4.69, 9.17) is 20.2 Å². The van der Waals surface area contributed by atoms with E-state index in [9.17, 15) is 0 Å². The quantitative estimate of drug-likeness (QED) is 0.152. The number of fused-ring (bicyclic) bond motifs is 7. The summed E-state index contributed by atoms with van der Waals surface area (Å²) in [6.45, 7) is 13.5. The highest BCUT2D eigenvalue weighted by atomic mass is 15.4. The van der Waals surface area contributed by atoms with Crippen LogP contribution in [0, 0.1) is 13.8 Å². The van der Waals surface area contributed by atoms with Gasteiger partial charge < -0.3 is 0 Å². The standard InChI is InChI=1S/C65H52N6/c1-7-41-27-33-57(51-23-15-11-19-47(41)51)63-66-61(55-31-25-39(3)45-17-9-13-21-49(45)55)68-70(63)43-29-35-53-54-36-30-44(38-60(54)65(5,6)59(53)37-43)71-64(58-34-28-42(8-2)48-20-12-16-24-52(48)58)67-62(69-71)56-32-26-40(4)46-18-10-14-22-50(46)56/h9-38H,7-8H2,1-6H3. The molecule has 0 spiro atoms. The average molecular weight is 917 g/mol. The smallest absolute Gasteiger partial charge is 0.182 e. The Morgan fingerprint density at radius 1 is 0.366 bits per heavy atom. The Labute approximate surface area is 413 Å².